The largest absolute Gasteiger partial charge is 0.119 e. The molecule has 0 N–H and O–H groups in total. The fraction of sp³-hybridized carbons (Fsp3) is 0.529. The van der Waals surface area contributed by atoms with Crippen LogP contribution in [-0.4, -0.2) is 0 Å². The number of hydrogen-bond acceptors (Lipinski definition) is 0. The van der Waals surface area contributed by atoms with Crippen LogP contribution in [0.2, 0.25) is 0 Å². The van der Waals surface area contributed by atoms with E-state index in [0.29, 0.717) is 0 Å². The molecule has 0 aliphatic heterocycles. The number of hydrogen-bond donors (Lipinski definition) is 0. The third kappa shape index (κ3) is 3.93. The lowest BCUT2D eigenvalue weighted by molar-refractivity contribution is 0.589. The van der Waals surface area contributed by atoms with E-state index in [0.717, 1.165) is 6.42 Å². The molecule has 1 aromatic rings. The van der Waals surface area contributed by atoms with Crippen molar-refractivity contribution in [1.29, 1.82) is 0 Å². The number of terminal acetylenes is 1. The van der Waals surface area contributed by atoms with Crippen molar-refractivity contribution < 1.29 is 0 Å². The zero-order chi connectivity index (χ0) is 12.9. The molecule has 0 nitrogen and oxygen atoms in total. The van der Waals surface area contributed by atoms with Crippen LogP contribution in [0.3, 0.4) is 0 Å². The first-order valence-corrected chi connectivity index (χ1v) is 6.55. The van der Waals surface area contributed by atoms with Crippen LogP contribution in [0.15, 0.2) is 24.3 Å². The van der Waals surface area contributed by atoms with Gasteiger partial charge in [0, 0.05) is 5.92 Å². The summed E-state index contributed by atoms with van der Waals surface area (Å²) in [5, 5.41) is 0. The third-order valence-corrected chi connectivity index (χ3v) is 3.23. The Bertz CT molecular complexity index is 370. The summed E-state index contributed by atoms with van der Waals surface area (Å²) in [5.74, 6) is 3.19. The van der Waals surface area contributed by atoms with Gasteiger partial charge in [-0.2, -0.15) is 0 Å². The molecule has 0 amide bonds. The summed E-state index contributed by atoms with van der Waals surface area (Å²) in [6.45, 7) is 8.91. The van der Waals surface area contributed by atoms with Gasteiger partial charge in [-0.1, -0.05) is 70.7 Å². The van der Waals surface area contributed by atoms with Gasteiger partial charge in [0.1, 0.15) is 0 Å². The molecule has 0 fully saturated rings. The average Bonchev–Trinajstić information content (AvgIpc) is 2.29. The van der Waals surface area contributed by atoms with E-state index in [4.69, 9.17) is 6.42 Å². The van der Waals surface area contributed by atoms with Crippen LogP contribution in [0.4, 0.5) is 0 Å². The number of rotatable bonds is 4. The average molecular weight is 228 g/mol. The lowest BCUT2D eigenvalue weighted by Gasteiger charge is -2.20. The topological polar surface area (TPSA) is 0 Å². The molecule has 0 aromatic heterocycles. The molecule has 0 heteroatoms. The summed E-state index contributed by atoms with van der Waals surface area (Å²) in [5.41, 5.74) is 2.87. The maximum atomic E-state index is 5.62. The Labute approximate surface area is 106 Å². The molecule has 1 unspecified atom stereocenters. The van der Waals surface area contributed by atoms with Crippen LogP contribution in [0.25, 0.3) is 0 Å². The minimum atomic E-state index is 0.216. The first-order chi connectivity index (χ1) is 7.99. The Morgan fingerprint density at radius 3 is 2.18 bits per heavy atom. The predicted molar refractivity (Wildman–Crippen MR) is 76.2 cm³/mol. The highest BCUT2D eigenvalue weighted by molar-refractivity contribution is 5.32. The fourth-order valence-corrected chi connectivity index (χ4v) is 1.97. The number of benzene rings is 1. The molecule has 0 bridgehead atoms. The van der Waals surface area contributed by atoms with Gasteiger partial charge in [-0.3, -0.25) is 0 Å². The van der Waals surface area contributed by atoms with E-state index < -0.39 is 0 Å². The summed E-state index contributed by atoms with van der Waals surface area (Å²) < 4.78 is 0. The van der Waals surface area contributed by atoms with Crippen molar-refractivity contribution in [3.8, 4) is 12.3 Å². The van der Waals surface area contributed by atoms with Crippen molar-refractivity contribution in [3.63, 3.8) is 0 Å². The minimum absolute atomic E-state index is 0.216. The molecule has 0 heterocycles. The summed E-state index contributed by atoms with van der Waals surface area (Å²) in [6.07, 6.45) is 9.13. The van der Waals surface area contributed by atoms with Gasteiger partial charge < -0.3 is 0 Å². The lowest BCUT2D eigenvalue weighted by Crippen LogP contribution is -2.11. The molecule has 1 rings (SSSR count). The molecule has 92 valence electrons. The first kappa shape index (κ1) is 13.8. The van der Waals surface area contributed by atoms with Crippen molar-refractivity contribution in [1.82, 2.24) is 0 Å². The maximum Gasteiger partial charge on any atom is 0.0449 e. The van der Waals surface area contributed by atoms with Crippen LogP contribution >= 0.6 is 0 Å². The van der Waals surface area contributed by atoms with Crippen LogP contribution in [0.1, 0.15) is 64.0 Å². The van der Waals surface area contributed by atoms with Gasteiger partial charge in [0.05, 0.1) is 0 Å². The van der Waals surface area contributed by atoms with Crippen LogP contribution in [0, 0.1) is 12.3 Å². The number of unbranched alkanes of at least 4 members (excludes halogenated alkanes) is 1. The van der Waals surface area contributed by atoms with Gasteiger partial charge in [-0.15, -0.1) is 6.42 Å². The van der Waals surface area contributed by atoms with Gasteiger partial charge in [-0.25, -0.2) is 0 Å². The molecule has 17 heavy (non-hydrogen) atoms. The van der Waals surface area contributed by atoms with Crippen molar-refractivity contribution in [2.75, 3.05) is 0 Å². The summed E-state index contributed by atoms with van der Waals surface area (Å²) in [7, 11) is 0. The van der Waals surface area contributed by atoms with E-state index in [1.807, 2.05) is 0 Å². The standard InChI is InChI=1S/C17H24/c1-6-8-9-14(7-2)15-10-12-16(13-11-15)17(3,4)5/h2,10-14H,6,8-9H2,1,3-5H3. The molecule has 0 saturated heterocycles. The smallest absolute Gasteiger partial charge is 0.0449 e. The Morgan fingerprint density at radius 1 is 1.18 bits per heavy atom. The maximum absolute atomic E-state index is 5.62. The van der Waals surface area contributed by atoms with E-state index in [1.54, 1.807) is 0 Å². The van der Waals surface area contributed by atoms with Crippen molar-refractivity contribution in [2.24, 2.45) is 0 Å². The molecule has 0 spiro atoms. The van der Waals surface area contributed by atoms with Gasteiger partial charge in [0.2, 0.25) is 0 Å². The van der Waals surface area contributed by atoms with Gasteiger partial charge in [-0.05, 0) is 23.0 Å². The van der Waals surface area contributed by atoms with Gasteiger partial charge in [0.15, 0.2) is 0 Å². The minimum Gasteiger partial charge on any atom is -0.119 e. The van der Waals surface area contributed by atoms with Crippen molar-refractivity contribution in [2.45, 2.75) is 58.3 Å². The second-order valence-electron chi connectivity index (χ2n) is 5.73. The molecule has 1 atom stereocenters. The Hall–Kier alpha value is -1.22. The SMILES string of the molecule is C#CC(CCCC)c1ccc(C(C)(C)C)cc1. The molecule has 0 saturated carbocycles. The normalized spacial score (nSPS) is 13.1. The van der Waals surface area contributed by atoms with Crippen LogP contribution in [-0.2, 0) is 5.41 Å². The second-order valence-corrected chi connectivity index (χ2v) is 5.73. The fourth-order valence-electron chi connectivity index (χ4n) is 1.97. The Morgan fingerprint density at radius 2 is 1.76 bits per heavy atom. The second kappa shape index (κ2) is 5.92. The quantitative estimate of drug-likeness (QED) is 0.644. The van der Waals surface area contributed by atoms with E-state index in [-0.39, 0.29) is 11.3 Å². The Kier molecular flexibility index (Phi) is 4.82. The first-order valence-electron chi connectivity index (χ1n) is 6.55. The zero-order valence-corrected chi connectivity index (χ0v) is 11.6. The Balaban J connectivity index is 2.83. The van der Waals surface area contributed by atoms with Crippen molar-refractivity contribution in [3.05, 3.63) is 35.4 Å². The van der Waals surface area contributed by atoms with Gasteiger partial charge in [0.25, 0.3) is 0 Å². The predicted octanol–water partition coefficient (Wildman–Crippen LogP) is 4.89. The lowest BCUT2D eigenvalue weighted by atomic mass is 9.85. The molecule has 1 aromatic carbocycles. The monoisotopic (exact) mass is 228 g/mol. The third-order valence-electron chi connectivity index (χ3n) is 3.23. The molecule has 0 aliphatic rings. The summed E-state index contributed by atoms with van der Waals surface area (Å²) >= 11 is 0. The van der Waals surface area contributed by atoms with Gasteiger partial charge >= 0.3 is 0 Å². The van der Waals surface area contributed by atoms with E-state index in [2.05, 4.69) is 57.9 Å². The highest BCUT2D eigenvalue weighted by Crippen LogP contribution is 2.26. The van der Waals surface area contributed by atoms with Crippen LogP contribution < -0.4 is 0 Å². The molecule has 0 aliphatic carbocycles. The highest BCUT2D eigenvalue weighted by atomic mass is 14.2. The highest BCUT2D eigenvalue weighted by Gasteiger charge is 2.14. The van der Waals surface area contributed by atoms with Crippen LogP contribution in [0.5, 0.6) is 0 Å². The molecular weight excluding hydrogens is 204 g/mol. The van der Waals surface area contributed by atoms with E-state index in [9.17, 15) is 0 Å². The molecule has 0 radical (unpaired) electrons. The van der Waals surface area contributed by atoms with E-state index in [1.165, 1.54) is 24.0 Å². The summed E-state index contributed by atoms with van der Waals surface area (Å²) in [4.78, 5) is 0. The van der Waals surface area contributed by atoms with Crippen molar-refractivity contribution >= 4 is 0 Å². The summed E-state index contributed by atoms with van der Waals surface area (Å²) in [6, 6.07) is 8.82. The zero-order valence-electron chi connectivity index (χ0n) is 11.6. The molecular formula is C17H24. The van der Waals surface area contributed by atoms with E-state index >= 15 is 0 Å².